The molecule has 4 nitrogen and oxygen atoms in total. The van der Waals surface area contributed by atoms with Gasteiger partial charge in [-0.3, -0.25) is 0 Å². The molecule has 1 N–H and O–H groups in total. The van der Waals surface area contributed by atoms with Gasteiger partial charge in [0.05, 0.1) is 6.61 Å². The lowest BCUT2D eigenvalue weighted by Gasteiger charge is -2.16. The summed E-state index contributed by atoms with van der Waals surface area (Å²) in [4.78, 5) is 4.34. The molecule has 21 heavy (non-hydrogen) atoms. The van der Waals surface area contributed by atoms with Gasteiger partial charge < -0.3 is 14.6 Å². The zero-order valence-electron chi connectivity index (χ0n) is 12.2. The second-order valence-electron chi connectivity index (χ2n) is 5.30. The topological polar surface area (TPSA) is 39.1 Å². The molecule has 1 fully saturated rings. The molecule has 0 amide bonds. The second kappa shape index (κ2) is 6.16. The van der Waals surface area contributed by atoms with Crippen LogP contribution in [0.25, 0.3) is 0 Å². The Kier molecular flexibility index (Phi) is 4.08. The monoisotopic (exact) mass is 289 g/mol. The summed E-state index contributed by atoms with van der Waals surface area (Å²) in [6.45, 7) is 2.29. The van der Waals surface area contributed by atoms with Crippen LogP contribution in [0.3, 0.4) is 0 Å². The summed E-state index contributed by atoms with van der Waals surface area (Å²) in [6, 6.07) is 5.40. The van der Waals surface area contributed by atoms with Gasteiger partial charge in [0, 0.05) is 30.2 Å². The van der Waals surface area contributed by atoms with Gasteiger partial charge in [-0.2, -0.15) is 0 Å². The van der Waals surface area contributed by atoms with Crippen molar-refractivity contribution in [1.29, 1.82) is 0 Å². The van der Waals surface area contributed by atoms with Gasteiger partial charge in [-0.1, -0.05) is 12.8 Å². The number of aromatic nitrogens is 2. The first-order chi connectivity index (χ1) is 10.3. The molecule has 1 aliphatic rings. The number of ether oxygens (including phenoxy) is 1. The molecule has 0 bridgehead atoms. The van der Waals surface area contributed by atoms with Crippen molar-refractivity contribution in [2.75, 3.05) is 11.9 Å². The van der Waals surface area contributed by atoms with Crippen molar-refractivity contribution in [2.24, 2.45) is 0 Å². The number of rotatable bonds is 5. The first-order valence-electron chi connectivity index (χ1n) is 7.50. The number of halogens is 1. The molecule has 0 saturated heterocycles. The van der Waals surface area contributed by atoms with Gasteiger partial charge in [-0.15, -0.1) is 0 Å². The number of hydrogen-bond donors (Lipinski definition) is 1. The molecule has 5 heteroatoms. The smallest absolute Gasteiger partial charge is 0.207 e. The Labute approximate surface area is 124 Å². The van der Waals surface area contributed by atoms with E-state index < -0.39 is 0 Å². The molecule has 0 radical (unpaired) electrons. The summed E-state index contributed by atoms with van der Waals surface area (Å²) < 4.78 is 21.2. The molecule has 1 aliphatic carbocycles. The summed E-state index contributed by atoms with van der Waals surface area (Å²) in [5, 5.41) is 3.20. The fourth-order valence-corrected chi connectivity index (χ4v) is 2.87. The van der Waals surface area contributed by atoms with Crippen LogP contribution in [0, 0.1) is 5.82 Å². The lowest BCUT2D eigenvalue weighted by molar-refractivity contribution is 0.321. The highest BCUT2D eigenvalue weighted by molar-refractivity contribution is 5.55. The molecule has 2 aromatic rings. The molecule has 3 rings (SSSR count). The minimum atomic E-state index is -0.360. The van der Waals surface area contributed by atoms with Crippen LogP contribution in [0.5, 0.6) is 5.75 Å². The van der Waals surface area contributed by atoms with Crippen LogP contribution < -0.4 is 10.1 Å². The summed E-state index contributed by atoms with van der Waals surface area (Å²) >= 11 is 0. The Morgan fingerprint density at radius 3 is 2.90 bits per heavy atom. The van der Waals surface area contributed by atoms with Crippen LogP contribution in [0.1, 0.15) is 38.6 Å². The molecule has 0 unspecified atom stereocenters. The lowest BCUT2D eigenvalue weighted by Crippen LogP contribution is -2.08. The Hall–Kier alpha value is -2.04. The molecule has 1 aromatic heterocycles. The number of benzene rings is 1. The molecule has 1 aromatic carbocycles. The Morgan fingerprint density at radius 1 is 1.38 bits per heavy atom. The van der Waals surface area contributed by atoms with Crippen LogP contribution in [-0.4, -0.2) is 16.2 Å². The summed E-state index contributed by atoms with van der Waals surface area (Å²) in [6.07, 6.45) is 8.67. The number of anilines is 2. The molecule has 112 valence electrons. The summed E-state index contributed by atoms with van der Waals surface area (Å²) in [5.41, 5.74) is 0.682. The van der Waals surface area contributed by atoms with E-state index in [4.69, 9.17) is 4.74 Å². The molecule has 0 atom stereocenters. The van der Waals surface area contributed by atoms with Crippen molar-refractivity contribution in [2.45, 2.75) is 38.6 Å². The van der Waals surface area contributed by atoms with Crippen molar-refractivity contribution < 1.29 is 9.13 Å². The SMILES string of the molecule is CCOc1ccc(Nc2nccn2C2CCCC2)cc1F. The number of nitrogens with zero attached hydrogens (tertiary/aromatic N) is 2. The minimum Gasteiger partial charge on any atom is -0.491 e. The van der Waals surface area contributed by atoms with Crippen molar-refractivity contribution in [3.63, 3.8) is 0 Å². The minimum absolute atomic E-state index is 0.280. The third-order valence-corrected chi connectivity index (χ3v) is 3.87. The zero-order chi connectivity index (χ0) is 14.7. The average Bonchev–Trinajstić information content (AvgIpc) is 3.12. The van der Waals surface area contributed by atoms with Crippen LogP contribution in [0.2, 0.25) is 0 Å². The van der Waals surface area contributed by atoms with E-state index in [-0.39, 0.29) is 11.6 Å². The van der Waals surface area contributed by atoms with E-state index in [0.717, 1.165) is 5.95 Å². The highest BCUT2D eigenvalue weighted by Crippen LogP contribution is 2.32. The van der Waals surface area contributed by atoms with E-state index in [1.165, 1.54) is 31.7 Å². The summed E-state index contributed by atoms with van der Waals surface area (Å²) in [7, 11) is 0. The van der Waals surface area contributed by atoms with Crippen LogP contribution in [-0.2, 0) is 0 Å². The zero-order valence-corrected chi connectivity index (χ0v) is 12.2. The predicted molar refractivity (Wildman–Crippen MR) is 80.6 cm³/mol. The van der Waals surface area contributed by atoms with E-state index in [1.807, 2.05) is 19.2 Å². The van der Waals surface area contributed by atoms with E-state index in [9.17, 15) is 4.39 Å². The van der Waals surface area contributed by atoms with Crippen molar-refractivity contribution in [3.8, 4) is 5.75 Å². The maximum atomic E-state index is 13.9. The normalized spacial score (nSPS) is 15.3. The summed E-state index contributed by atoms with van der Waals surface area (Å²) in [5.74, 6) is 0.688. The van der Waals surface area contributed by atoms with Gasteiger partial charge >= 0.3 is 0 Å². The lowest BCUT2D eigenvalue weighted by atomic mass is 10.2. The number of hydrogen-bond acceptors (Lipinski definition) is 3. The van der Waals surface area contributed by atoms with E-state index in [0.29, 0.717) is 18.3 Å². The fourth-order valence-electron chi connectivity index (χ4n) is 2.87. The third-order valence-electron chi connectivity index (χ3n) is 3.87. The van der Waals surface area contributed by atoms with Gasteiger partial charge in [0.2, 0.25) is 5.95 Å². The molecular weight excluding hydrogens is 269 g/mol. The fraction of sp³-hybridized carbons (Fsp3) is 0.438. The molecule has 0 spiro atoms. The third kappa shape index (κ3) is 3.01. The van der Waals surface area contributed by atoms with Crippen molar-refractivity contribution in [3.05, 3.63) is 36.4 Å². The van der Waals surface area contributed by atoms with E-state index >= 15 is 0 Å². The number of imidazole rings is 1. The van der Waals surface area contributed by atoms with Crippen LogP contribution >= 0.6 is 0 Å². The molecular formula is C16H20FN3O. The van der Waals surface area contributed by atoms with Gasteiger partial charge in [0.25, 0.3) is 0 Å². The quantitative estimate of drug-likeness (QED) is 0.893. The molecule has 1 heterocycles. The molecule has 1 saturated carbocycles. The van der Waals surface area contributed by atoms with Gasteiger partial charge in [0.1, 0.15) is 0 Å². The Bertz CT molecular complexity index is 605. The van der Waals surface area contributed by atoms with Gasteiger partial charge in [-0.05, 0) is 31.9 Å². The number of nitrogens with one attached hydrogen (secondary N) is 1. The molecule has 0 aliphatic heterocycles. The highest BCUT2D eigenvalue weighted by Gasteiger charge is 2.19. The largest absolute Gasteiger partial charge is 0.491 e. The Morgan fingerprint density at radius 2 is 2.19 bits per heavy atom. The van der Waals surface area contributed by atoms with Crippen LogP contribution in [0.4, 0.5) is 16.0 Å². The van der Waals surface area contributed by atoms with Gasteiger partial charge in [-0.25, -0.2) is 9.37 Å². The standard InChI is InChI=1S/C16H20FN3O/c1-2-21-15-8-7-12(11-14(15)17)19-16-18-9-10-20(16)13-5-3-4-6-13/h7-11,13H,2-6H2,1H3,(H,18,19). The van der Waals surface area contributed by atoms with Gasteiger partial charge in [0.15, 0.2) is 11.6 Å². The maximum Gasteiger partial charge on any atom is 0.207 e. The van der Waals surface area contributed by atoms with Crippen LogP contribution in [0.15, 0.2) is 30.6 Å². The van der Waals surface area contributed by atoms with E-state index in [2.05, 4.69) is 14.9 Å². The van der Waals surface area contributed by atoms with E-state index in [1.54, 1.807) is 12.3 Å². The average molecular weight is 289 g/mol. The van der Waals surface area contributed by atoms with Crippen molar-refractivity contribution in [1.82, 2.24) is 9.55 Å². The second-order valence-corrected chi connectivity index (χ2v) is 5.30. The first kappa shape index (κ1) is 13.9. The van der Waals surface area contributed by atoms with Crippen molar-refractivity contribution >= 4 is 11.6 Å². The maximum absolute atomic E-state index is 13.9. The highest BCUT2D eigenvalue weighted by atomic mass is 19.1. The predicted octanol–water partition coefficient (Wildman–Crippen LogP) is 4.28. The first-order valence-corrected chi connectivity index (χ1v) is 7.50. The Balaban J connectivity index is 1.77.